The van der Waals surface area contributed by atoms with Crippen LogP contribution in [0.2, 0.25) is 5.02 Å². The summed E-state index contributed by atoms with van der Waals surface area (Å²) in [5.41, 5.74) is 1.57. The van der Waals surface area contributed by atoms with E-state index < -0.39 is 40.2 Å². The van der Waals surface area contributed by atoms with Crippen molar-refractivity contribution in [3.05, 3.63) is 94.8 Å². The first-order valence-electron chi connectivity index (χ1n) is 12.1. The summed E-state index contributed by atoms with van der Waals surface area (Å²) in [6, 6.07) is 17.0. The highest BCUT2D eigenvalue weighted by Crippen LogP contribution is 2.28. The number of anilines is 1. The van der Waals surface area contributed by atoms with Crippen LogP contribution in [0.3, 0.4) is 0 Å². The van der Waals surface area contributed by atoms with Gasteiger partial charge in [0.2, 0.25) is 11.8 Å². The van der Waals surface area contributed by atoms with E-state index in [1.807, 2.05) is 0 Å². The first kappa shape index (κ1) is 29.1. The summed E-state index contributed by atoms with van der Waals surface area (Å²) in [6.07, 6.45) is 0. The van der Waals surface area contributed by atoms with Gasteiger partial charge in [0.25, 0.3) is 10.0 Å². The molecule has 0 heterocycles. The fraction of sp³-hybridized carbons (Fsp3) is 0.286. The van der Waals surface area contributed by atoms with E-state index in [1.165, 1.54) is 53.4 Å². The minimum absolute atomic E-state index is 0.0194. The number of benzene rings is 3. The number of hydrogen-bond donors (Lipinski definition) is 1. The maximum absolute atomic E-state index is 13.8. The van der Waals surface area contributed by atoms with Gasteiger partial charge in [-0.1, -0.05) is 41.9 Å². The smallest absolute Gasteiger partial charge is 0.264 e. The number of rotatable bonds is 10. The van der Waals surface area contributed by atoms with Crippen molar-refractivity contribution in [1.29, 1.82) is 0 Å². The molecular weight excluding hydrogens is 529 g/mol. The molecule has 0 aliphatic heterocycles. The van der Waals surface area contributed by atoms with Gasteiger partial charge < -0.3 is 10.2 Å². The van der Waals surface area contributed by atoms with Gasteiger partial charge in [-0.05, 0) is 81.3 Å². The maximum atomic E-state index is 13.8. The van der Waals surface area contributed by atoms with Crippen LogP contribution in [0.4, 0.5) is 10.1 Å². The third kappa shape index (κ3) is 7.11. The number of sulfonamides is 1. The van der Waals surface area contributed by atoms with Gasteiger partial charge in [0.05, 0.1) is 10.6 Å². The van der Waals surface area contributed by atoms with E-state index in [2.05, 4.69) is 5.32 Å². The number of hydrogen-bond acceptors (Lipinski definition) is 4. The van der Waals surface area contributed by atoms with Gasteiger partial charge in [0.15, 0.2) is 0 Å². The standard InChI is InChI=1S/C28H31ClFN3O4S/c1-19(2)31-28(35)21(4)32(17-22-9-13-24(30)14-10-22)27(34)18-33(26-8-6-5-7-20(26)3)38(36,37)25-15-11-23(29)12-16-25/h5-16,19,21H,17-18H2,1-4H3,(H,31,35)/t21-/m1/s1. The van der Waals surface area contributed by atoms with Crippen LogP contribution in [-0.2, 0) is 26.2 Å². The molecule has 0 aromatic heterocycles. The Labute approximate surface area is 228 Å². The number of amides is 2. The highest BCUT2D eigenvalue weighted by atomic mass is 35.5. The van der Waals surface area contributed by atoms with Crippen LogP contribution in [0.15, 0.2) is 77.7 Å². The molecular formula is C28H31ClFN3O4S. The Balaban J connectivity index is 2.04. The minimum Gasteiger partial charge on any atom is -0.352 e. The normalized spacial score (nSPS) is 12.2. The molecule has 0 radical (unpaired) electrons. The van der Waals surface area contributed by atoms with Crippen molar-refractivity contribution in [1.82, 2.24) is 10.2 Å². The Morgan fingerprint density at radius 2 is 1.55 bits per heavy atom. The van der Waals surface area contributed by atoms with Crippen molar-refractivity contribution in [2.45, 2.75) is 51.2 Å². The molecule has 0 saturated carbocycles. The van der Waals surface area contributed by atoms with Gasteiger partial charge in [-0.25, -0.2) is 12.8 Å². The first-order valence-corrected chi connectivity index (χ1v) is 13.9. The fourth-order valence-corrected chi connectivity index (χ4v) is 5.47. The SMILES string of the molecule is Cc1ccccc1N(CC(=O)N(Cc1ccc(F)cc1)[C@H](C)C(=O)NC(C)C)S(=O)(=O)c1ccc(Cl)cc1. The lowest BCUT2D eigenvalue weighted by Crippen LogP contribution is -2.52. The van der Waals surface area contributed by atoms with E-state index >= 15 is 0 Å². The largest absolute Gasteiger partial charge is 0.352 e. The lowest BCUT2D eigenvalue weighted by Gasteiger charge is -2.32. The predicted molar refractivity (Wildman–Crippen MR) is 147 cm³/mol. The van der Waals surface area contributed by atoms with Crippen molar-refractivity contribution in [3.63, 3.8) is 0 Å². The topological polar surface area (TPSA) is 86.8 Å². The number of carbonyl (C=O) groups is 2. The Kier molecular flexibility index (Phi) is 9.51. The molecule has 202 valence electrons. The van der Waals surface area contributed by atoms with Crippen molar-refractivity contribution in [2.24, 2.45) is 0 Å². The number of aryl methyl sites for hydroxylation is 1. The third-order valence-corrected chi connectivity index (χ3v) is 7.95. The molecule has 1 atom stereocenters. The van der Waals surface area contributed by atoms with Crippen LogP contribution in [0.25, 0.3) is 0 Å². The van der Waals surface area contributed by atoms with Crippen molar-refractivity contribution in [3.8, 4) is 0 Å². The Morgan fingerprint density at radius 3 is 2.13 bits per heavy atom. The van der Waals surface area contributed by atoms with Crippen LogP contribution >= 0.6 is 11.6 Å². The zero-order valence-corrected chi connectivity index (χ0v) is 23.3. The Hall–Kier alpha value is -3.43. The van der Waals surface area contributed by atoms with E-state index in [-0.39, 0.29) is 17.5 Å². The average Bonchev–Trinajstić information content (AvgIpc) is 2.86. The number of para-hydroxylation sites is 1. The second-order valence-corrected chi connectivity index (χ2v) is 11.5. The highest BCUT2D eigenvalue weighted by molar-refractivity contribution is 7.92. The summed E-state index contributed by atoms with van der Waals surface area (Å²) < 4.78 is 42.1. The van der Waals surface area contributed by atoms with E-state index in [1.54, 1.807) is 52.0 Å². The van der Waals surface area contributed by atoms with Gasteiger partial charge in [-0.2, -0.15) is 0 Å². The number of nitrogens with one attached hydrogen (secondary N) is 1. The zero-order chi connectivity index (χ0) is 28.0. The Morgan fingerprint density at radius 1 is 0.947 bits per heavy atom. The summed E-state index contributed by atoms with van der Waals surface area (Å²) in [7, 11) is -4.19. The van der Waals surface area contributed by atoms with Crippen molar-refractivity contribution < 1.29 is 22.4 Å². The molecule has 10 heteroatoms. The third-order valence-electron chi connectivity index (χ3n) is 5.93. The van der Waals surface area contributed by atoms with Gasteiger partial charge in [-0.15, -0.1) is 0 Å². The maximum Gasteiger partial charge on any atom is 0.264 e. The van der Waals surface area contributed by atoms with Gasteiger partial charge in [-0.3, -0.25) is 13.9 Å². The molecule has 3 rings (SSSR count). The van der Waals surface area contributed by atoms with E-state index in [0.717, 1.165) is 4.31 Å². The molecule has 0 bridgehead atoms. The molecule has 0 fully saturated rings. The number of carbonyl (C=O) groups excluding carboxylic acids is 2. The van der Waals surface area contributed by atoms with Crippen LogP contribution in [0.1, 0.15) is 31.9 Å². The van der Waals surface area contributed by atoms with Crippen LogP contribution in [0.5, 0.6) is 0 Å². The number of halogens is 2. The molecule has 7 nitrogen and oxygen atoms in total. The molecule has 0 spiro atoms. The van der Waals surface area contributed by atoms with Gasteiger partial charge in [0, 0.05) is 17.6 Å². The van der Waals surface area contributed by atoms with Crippen molar-refractivity contribution in [2.75, 3.05) is 10.8 Å². The second-order valence-electron chi connectivity index (χ2n) is 9.24. The van der Waals surface area contributed by atoms with E-state index in [9.17, 15) is 22.4 Å². The second kappa shape index (κ2) is 12.4. The lowest BCUT2D eigenvalue weighted by atomic mass is 10.1. The number of nitrogens with zero attached hydrogens (tertiary/aromatic N) is 2. The lowest BCUT2D eigenvalue weighted by molar-refractivity contribution is -0.139. The first-order chi connectivity index (χ1) is 17.9. The molecule has 1 N–H and O–H groups in total. The van der Waals surface area contributed by atoms with E-state index in [4.69, 9.17) is 11.6 Å². The summed E-state index contributed by atoms with van der Waals surface area (Å²) in [5, 5.41) is 3.16. The molecule has 3 aromatic rings. The van der Waals surface area contributed by atoms with Gasteiger partial charge >= 0.3 is 0 Å². The van der Waals surface area contributed by atoms with Crippen LogP contribution in [-0.4, -0.2) is 43.8 Å². The summed E-state index contributed by atoms with van der Waals surface area (Å²) in [4.78, 5) is 28.0. The summed E-state index contributed by atoms with van der Waals surface area (Å²) in [5.74, 6) is -1.42. The van der Waals surface area contributed by atoms with Gasteiger partial charge in [0.1, 0.15) is 18.4 Å². The highest BCUT2D eigenvalue weighted by Gasteiger charge is 2.33. The molecule has 38 heavy (non-hydrogen) atoms. The quantitative estimate of drug-likeness (QED) is 0.382. The predicted octanol–water partition coefficient (Wildman–Crippen LogP) is 4.92. The molecule has 0 unspecified atom stereocenters. The van der Waals surface area contributed by atoms with Crippen molar-refractivity contribution >= 4 is 39.1 Å². The average molecular weight is 560 g/mol. The minimum atomic E-state index is -4.19. The Bertz CT molecular complexity index is 1380. The van der Waals surface area contributed by atoms with E-state index in [0.29, 0.717) is 21.8 Å². The van der Waals surface area contributed by atoms with Crippen LogP contribution in [0, 0.1) is 12.7 Å². The molecule has 2 amide bonds. The monoisotopic (exact) mass is 559 g/mol. The fourth-order valence-electron chi connectivity index (χ4n) is 3.86. The zero-order valence-electron chi connectivity index (χ0n) is 21.7. The molecule has 0 saturated heterocycles. The molecule has 0 aliphatic rings. The molecule has 3 aromatic carbocycles. The molecule has 0 aliphatic carbocycles. The van der Waals surface area contributed by atoms with Crippen LogP contribution < -0.4 is 9.62 Å². The summed E-state index contributed by atoms with van der Waals surface area (Å²) in [6.45, 7) is 6.35. The summed E-state index contributed by atoms with van der Waals surface area (Å²) >= 11 is 5.97.